The number of nitro benzene ring substituents is 1. The fraction of sp³-hybridized carbons (Fsp3) is 0.268. The average molecular weight is 762 g/mol. The standard InChI is InChI=1S/C41H43N7O6S/c1-44(20-18-30-28-42-38-12-6-4-8-34(30)38)40(49)36-10-2-3-11-37(36)41(50)46(21-19-31-29-43-39-13-7-5-9-35(31)39)25-22-45-23-26-47(27-24-45)55(53,54)33-16-14-32(15-17-33)48(51)52/h2-17,28-29,42-43H,18-27H2,1H3. The van der Waals surface area contributed by atoms with Crippen LogP contribution in [0, 0.1) is 10.1 Å². The summed E-state index contributed by atoms with van der Waals surface area (Å²) in [6, 6.07) is 28.0. The molecule has 284 valence electrons. The van der Waals surface area contributed by atoms with Crippen molar-refractivity contribution in [2.45, 2.75) is 17.7 Å². The predicted octanol–water partition coefficient (Wildman–Crippen LogP) is 5.56. The highest BCUT2D eigenvalue weighted by molar-refractivity contribution is 7.89. The summed E-state index contributed by atoms with van der Waals surface area (Å²) in [5.41, 5.74) is 4.77. The zero-order chi connectivity index (χ0) is 38.5. The molecule has 0 bridgehead atoms. The van der Waals surface area contributed by atoms with Crippen LogP contribution in [-0.4, -0.2) is 114 Å². The number of carbonyl (C=O) groups is 2. The van der Waals surface area contributed by atoms with E-state index in [4.69, 9.17) is 0 Å². The van der Waals surface area contributed by atoms with Crippen molar-refractivity contribution in [2.75, 3.05) is 59.4 Å². The molecule has 0 unspecified atom stereocenters. The maximum Gasteiger partial charge on any atom is 0.269 e. The number of carbonyl (C=O) groups excluding carboxylic acids is 2. The van der Waals surface area contributed by atoms with Crippen molar-refractivity contribution in [3.05, 3.63) is 142 Å². The van der Waals surface area contributed by atoms with E-state index in [1.165, 1.54) is 28.6 Å². The van der Waals surface area contributed by atoms with Gasteiger partial charge in [-0.2, -0.15) is 4.31 Å². The Balaban J connectivity index is 1.04. The van der Waals surface area contributed by atoms with Gasteiger partial charge in [-0.05, 0) is 60.4 Å². The Hall–Kier alpha value is -5.83. The molecule has 1 saturated heterocycles. The lowest BCUT2D eigenvalue weighted by molar-refractivity contribution is -0.384. The molecule has 1 aliphatic heterocycles. The first-order valence-electron chi connectivity index (χ1n) is 18.3. The molecule has 0 aliphatic carbocycles. The number of likely N-dealkylation sites (N-methyl/N-ethyl adjacent to an activating group) is 1. The molecule has 13 nitrogen and oxygen atoms in total. The molecule has 2 aromatic heterocycles. The summed E-state index contributed by atoms with van der Waals surface area (Å²) in [5, 5.41) is 13.3. The third-order valence-corrected chi connectivity index (χ3v) is 12.4. The molecule has 4 aromatic carbocycles. The van der Waals surface area contributed by atoms with Crippen LogP contribution in [0.4, 0.5) is 5.69 Å². The SMILES string of the molecule is CN(CCc1c[nH]c2ccccc12)C(=O)c1ccccc1C(=O)N(CCc1c[nH]c2ccccc12)CCN1CCN(S(=O)(=O)c2ccc([N+](=O)[O-])cc2)CC1. The Morgan fingerprint density at radius 3 is 1.82 bits per heavy atom. The molecule has 2 N–H and O–H groups in total. The van der Waals surface area contributed by atoms with Gasteiger partial charge in [0.2, 0.25) is 10.0 Å². The Bertz CT molecular complexity index is 2430. The largest absolute Gasteiger partial charge is 0.361 e. The zero-order valence-electron chi connectivity index (χ0n) is 30.6. The quantitative estimate of drug-likeness (QED) is 0.109. The van der Waals surface area contributed by atoms with Crippen LogP contribution in [0.1, 0.15) is 31.8 Å². The Morgan fingerprint density at radius 2 is 1.24 bits per heavy atom. The van der Waals surface area contributed by atoms with E-state index in [2.05, 4.69) is 27.0 Å². The van der Waals surface area contributed by atoms with Gasteiger partial charge < -0.3 is 19.8 Å². The third kappa shape index (κ3) is 8.16. The van der Waals surface area contributed by atoms with Gasteiger partial charge in [0.1, 0.15) is 0 Å². The van der Waals surface area contributed by atoms with Gasteiger partial charge in [-0.15, -0.1) is 0 Å². The Kier molecular flexibility index (Phi) is 11.1. The number of piperazine rings is 1. The van der Waals surface area contributed by atoms with Gasteiger partial charge in [0, 0.05) is 106 Å². The van der Waals surface area contributed by atoms with Gasteiger partial charge in [-0.1, -0.05) is 48.5 Å². The number of rotatable bonds is 14. The van der Waals surface area contributed by atoms with Gasteiger partial charge in [0.25, 0.3) is 17.5 Å². The summed E-state index contributed by atoms with van der Waals surface area (Å²) in [6.45, 7) is 3.14. The lowest BCUT2D eigenvalue weighted by atomic mass is 10.0. The third-order valence-electron chi connectivity index (χ3n) is 10.4. The summed E-state index contributed by atoms with van der Waals surface area (Å²) in [4.78, 5) is 51.1. The maximum absolute atomic E-state index is 14.5. The average Bonchev–Trinajstić information content (AvgIpc) is 3.83. The lowest BCUT2D eigenvalue weighted by Gasteiger charge is -2.35. The van der Waals surface area contributed by atoms with Crippen molar-refractivity contribution in [3.63, 3.8) is 0 Å². The summed E-state index contributed by atoms with van der Waals surface area (Å²) in [6.07, 6.45) is 5.20. The topological polar surface area (TPSA) is 156 Å². The Labute approximate surface area is 319 Å². The number of hydrogen-bond donors (Lipinski definition) is 2. The number of non-ortho nitro benzene ring substituents is 1. The molecular formula is C41H43N7O6S. The highest BCUT2D eigenvalue weighted by Crippen LogP contribution is 2.23. The number of fused-ring (bicyclic) bond motifs is 2. The minimum Gasteiger partial charge on any atom is -0.361 e. The van der Waals surface area contributed by atoms with E-state index in [-0.39, 0.29) is 35.5 Å². The van der Waals surface area contributed by atoms with Crippen molar-refractivity contribution < 1.29 is 22.9 Å². The van der Waals surface area contributed by atoms with Crippen molar-refractivity contribution >= 4 is 49.3 Å². The number of nitrogens with one attached hydrogen (secondary N) is 2. The summed E-state index contributed by atoms with van der Waals surface area (Å²) >= 11 is 0. The normalized spacial score (nSPS) is 14.0. The molecule has 1 fully saturated rings. The fourth-order valence-electron chi connectivity index (χ4n) is 7.21. The summed E-state index contributed by atoms with van der Waals surface area (Å²) in [7, 11) is -2.07. The van der Waals surface area contributed by atoms with E-state index in [1.54, 1.807) is 41.1 Å². The van der Waals surface area contributed by atoms with Crippen molar-refractivity contribution in [1.29, 1.82) is 0 Å². The number of benzene rings is 4. The number of hydrogen-bond acceptors (Lipinski definition) is 7. The second-order valence-corrected chi connectivity index (χ2v) is 15.7. The van der Waals surface area contributed by atoms with Gasteiger partial charge in [-0.25, -0.2) is 8.42 Å². The molecule has 55 heavy (non-hydrogen) atoms. The molecule has 6 aromatic rings. The van der Waals surface area contributed by atoms with Gasteiger partial charge in [-0.3, -0.25) is 24.6 Å². The van der Waals surface area contributed by atoms with Gasteiger partial charge >= 0.3 is 0 Å². The number of amides is 2. The number of para-hydroxylation sites is 2. The van der Waals surface area contributed by atoms with Crippen LogP contribution in [0.2, 0.25) is 0 Å². The van der Waals surface area contributed by atoms with Gasteiger partial charge in [0.05, 0.1) is 20.9 Å². The summed E-state index contributed by atoms with van der Waals surface area (Å²) in [5.74, 6) is -0.473. The van der Waals surface area contributed by atoms with E-state index in [0.717, 1.165) is 32.9 Å². The number of sulfonamides is 1. The number of nitro groups is 1. The van der Waals surface area contributed by atoms with Crippen LogP contribution in [0.3, 0.4) is 0 Å². The minimum absolute atomic E-state index is 0.0115. The van der Waals surface area contributed by atoms with Crippen LogP contribution in [0.15, 0.2) is 114 Å². The smallest absolute Gasteiger partial charge is 0.269 e. The summed E-state index contributed by atoms with van der Waals surface area (Å²) < 4.78 is 28.0. The zero-order valence-corrected chi connectivity index (χ0v) is 31.4. The Morgan fingerprint density at radius 1 is 0.709 bits per heavy atom. The molecule has 1 aliphatic rings. The van der Waals surface area contributed by atoms with Crippen molar-refractivity contribution in [1.82, 2.24) is 29.0 Å². The van der Waals surface area contributed by atoms with E-state index < -0.39 is 14.9 Å². The molecule has 0 saturated carbocycles. The molecule has 0 spiro atoms. The molecule has 0 atom stereocenters. The van der Waals surface area contributed by atoms with E-state index >= 15 is 0 Å². The second kappa shape index (κ2) is 16.3. The first-order chi connectivity index (χ1) is 26.6. The highest BCUT2D eigenvalue weighted by atomic mass is 32.2. The monoisotopic (exact) mass is 761 g/mol. The molecule has 2 amide bonds. The first-order valence-corrected chi connectivity index (χ1v) is 19.7. The fourth-order valence-corrected chi connectivity index (χ4v) is 8.64. The minimum atomic E-state index is -3.83. The van der Waals surface area contributed by atoms with Crippen molar-refractivity contribution in [2.24, 2.45) is 0 Å². The van der Waals surface area contributed by atoms with Crippen LogP contribution < -0.4 is 0 Å². The van der Waals surface area contributed by atoms with Crippen molar-refractivity contribution in [3.8, 4) is 0 Å². The highest BCUT2D eigenvalue weighted by Gasteiger charge is 2.30. The van der Waals surface area contributed by atoms with E-state index in [9.17, 15) is 28.1 Å². The molecule has 7 rings (SSSR count). The maximum atomic E-state index is 14.5. The van der Waals surface area contributed by atoms with Crippen LogP contribution in [-0.2, 0) is 22.9 Å². The predicted molar refractivity (Wildman–Crippen MR) is 212 cm³/mol. The van der Waals surface area contributed by atoms with Crippen LogP contribution >= 0.6 is 0 Å². The first kappa shape index (κ1) is 37.5. The van der Waals surface area contributed by atoms with Crippen LogP contribution in [0.5, 0.6) is 0 Å². The molecule has 0 radical (unpaired) electrons. The number of H-pyrrole nitrogens is 2. The van der Waals surface area contributed by atoms with E-state index in [0.29, 0.717) is 63.2 Å². The number of aromatic nitrogens is 2. The molecular weight excluding hydrogens is 719 g/mol. The van der Waals surface area contributed by atoms with E-state index in [1.807, 2.05) is 48.8 Å². The molecule has 3 heterocycles. The number of aromatic amines is 2. The molecule has 14 heteroatoms. The van der Waals surface area contributed by atoms with Gasteiger partial charge in [0.15, 0.2) is 0 Å². The number of nitrogens with zero attached hydrogens (tertiary/aromatic N) is 5. The van der Waals surface area contributed by atoms with Crippen LogP contribution in [0.25, 0.3) is 21.8 Å². The lowest BCUT2D eigenvalue weighted by Crippen LogP contribution is -2.50. The second-order valence-electron chi connectivity index (χ2n) is 13.8.